The molecular weight excluding hydrogens is 438 g/mol. The minimum atomic E-state index is -1.66. The van der Waals surface area contributed by atoms with Crippen LogP contribution >= 0.6 is 0 Å². The summed E-state index contributed by atoms with van der Waals surface area (Å²) in [7, 11) is 0. The van der Waals surface area contributed by atoms with Crippen molar-refractivity contribution >= 4 is 29.7 Å². The number of aliphatic hydroxyl groups is 2. The van der Waals surface area contributed by atoms with E-state index in [0.29, 0.717) is 6.42 Å². The molecule has 0 aliphatic carbocycles. The molecule has 0 saturated carbocycles. The first-order valence-electron chi connectivity index (χ1n) is 10.5. The van der Waals surface area contributed by atoms with Gasteiger partial charge < -0.3 is 48.5 Å². The summed E-state index contributed by atoms with van der Waals surface area (Å²) in [4.78, 5) is 52.8. The molecule has 0 spiro atoms. The minimum absolute atomic E-state index is 0.0821. The van der Waals surface area contributed by atoms with Crippen LogP contribution < -0.4 is 33.2 Å². The van der Waals surface area contributed by atoms with E-state index in [4.69, 9.17) is 22.3 Å². The number of nitrogens with two attached hydrogens (primary N) is 3. The van der Waals surface area contributed by atoms with Crippen LogP contribution in [0.3, 0.4) is 0 Å². The first-order valence-corrected chi connectivity index (χ1v) is 10.5. The molecule has 33 heavy (non-hydrogen) atoms. The van der Waals surface area contributed by atoms with Crippen LogP contribution in [-0.2, 0) is 19.2 Å². The van der Waals surface area contributed by atoms with Gasteiger partial charge in [-0.3, -0.25) is 19.4 Å². The fraction of sp³-hybridized carbons (Fsp3) is 0.737. The molecule has 0 rings (SSSR count). The number of hydrogen-bond acceptors (Lipinski definition) is 8. The van der Waals surface area contributed by atoms with E-state index in [-0.39, 0.29) is 24.8 Å². The number of rotatable bonds is 14. The maximum absolute atomic E-state index is 12.9. The van der Waals surface area contributed by atoms with Crippen molar-refractivity contribution in [2.24, 2.45) is 28.1 Å². The van der Waals surface area contributed by atoms with Gasteiger partial charge in [0.25, 0.3) is 0 Å². The standard InChI is InChI=1S/C19H37N7O7/c1-8(2)12(20)16(30)24-11(6-5-7-23-19(21)22)15(29)25-13(9(3)27)17(31)26-14(10(4)28)18(32)33/h8-14,27-28H,5-7,20H2,1-4H3,(H,24,30)(H,25,29)(H,26,31)(H,32,33)(H4,21,22,23). The number of nitrogens with zero attached hydrogens (tertiary/aromatic N) is 1. The Balaban J connectivity index is 5.52. The molecule has 6 atom stereocenters. The lowest BCUT2D eigenvalue weighted by Crippen LogP contribution is -2.61. The predicted octanol–water partition coefficient (Wildman–Crippen LogP) is -3.68. The van der Waals surface area contributed by atoms with E-state index >= 15 is 0 Å². The summed E-state index contributed by atoms with van der Waals surface area (Å²) in [5.41, 5.74) is 16.4. The third-order valence-electron chi connectivity index (χ3n) is 4.71. The summed E-state index contributed by atoms with van der Waals surface area (Å²) in [5, 5.41) is 35.5. The highest BCUT2D eigenvalue weighted by molar-refractivity contribution is 5.94. The summed E-state index contributed by atoms with van der Waals surface area (Å²) < 4.78 is 0. The summed E-state index contributed by atoms with van der Waals surface area (Å²) in [6.07, 6.45) is -2.48. The predicted molar refractivity (Wildman–Crippen MR) is 120 cm³/mol. The summed E-state index contributed by atoms with van der Waals surface area (Å²) in [6.45, 7) is 6.01. The molecule has 12 N–H and O–H groups in total. The fourth-order valence-corrected chi connectivity index (χ4v) is 2.63. The molecule has 0 saturated heterocycles. The van der Waals surface area contributed by atoms with Crippen molar-refractivity contribution in [1.82, 2.24) is 16.0 Å². The molecule has 14 nitrogen and oxygen atoms in total. The van der Waals surface area contributed by atoms with E-state index in [2.05, 4.69) is 20.9 Å². The number of guanidine groups is 1. The lowest BCUT2D eigenvalue weighted by molar-refractivity contribution is -0.146. The number of amides is 3. The number of aliphatic imine (C=N–C) groups is 1. The van der Waals surface area contributed by atoms with Gasteiger partial charge in [-0.2, -0.15) is 0 Å². The van der Waals surface area contributed by atoms with E-state index in [9.17, 15) is 29.4 Å². The zero-order valence-corrected chi connectivity index (χ0v) is 19.3. The van der Waals surface area contributed by atoms with Gasteiger partial charge >= 0.3 is 5.97 Å². The number of carbonyl (C=O) groups excluding carboxylic acids is 3. The number of carboxylic acid groups (broad SMARTS) is 1. The number of aliphatic carboxylic acids is 1. The van der Waals surface area contributed by atoms with Crippen molar-refractivity contribution in [3.8, 4) is 0 Å². The van der Waals surface area contributed by atoms with Gasteiger partial charge in [-0.05, 0) is 32.6 Å². The summed E-state index contributed by atoms with van der Waals surface area (Å²) in [5.74, 6) is -4.28. The number of hydrogen-bond donors (Lipinski definition) is 9. The molecule has 0 aromatic carbocycles. The Morgan fingerprint density at radius 3 is 1.79 bits per heavy atom. The number of aliphatic hydroxyl groups excluding tert-OH is 2. The van der Waals surface area contributed by atoms with Crippen LogP contribution in [-0.4, -0.2) is 87.9 Å². The van der Waals surface area contributed by atoms with Crippen molar-refractivity contribution in [2.45, 2.75) is 76.9 Å². The molecular formula is C19H37N7O7. The van der Waals surface area contributed by atoms with Gasteiger partial charge in [0, 0.05) is 6.54 Å². The van der Waals surface area contributed by atoms with Crippen LogP contribution in [0.25, 0.3) is 0 Å². The summed E-state index contributed by atoms with van der Waals surface area (Å²) >= 11 is 0. The second-order valence-electron chi connectivity index (χ2n) is 8.07. The Kier molecular flexibility index (Phi) is 13.0. The highest BCUT2D eigenvalue weighted by atomic mass is 16.4. The van der Waals surface area contributed by atoms with Crippen molar-refractivity contribution in [1.29, 1.82) is 0 Å². The maximum Gasteiger partial charge on any atom is 0.328 e. The molecule has 0 aromatic heterocycles. The molecule has 0 aliphatic rings. The molecule has 6 unspecified atom stereocenters. The molecule has 0 radical (unpaired) electrons. The largest absolute Gasteiger partial charge is 0.480 e. The van der Waals surface area contributed by atoms with E-state index in [0.717, 1.165) is 6.92 Å². The monoisotopic (exact) mass is 475 g/mol. The Hall–Kier alpha value is -2.97. The topological polar surface area (TPSA) is 255 Å². The van der Waals surface area contributed by atoms with E-state index in [1.807, 2.05) is 0 Å². The quantitative estimate of drug-likeness (QED) is 0.0675. The van der Waals surface area contributed by atoms with Gasteiger partial charge in [-0.1, -0.05) is 13.8 Å². The molecule has 0 bridgehead atoms. The van der Waals surface area contributed by atoms with Crippen LogP contribution in [0.15, 0.2) is 4.99 Å². The van der Waals surface area contributed by atoms with Crippen molar-refractivity contribution in [3.63, 3.8) is 0 Å². The van der Waals surface area contributed by atoms with Gasteiger partial charge in [0.1, 0.15) is 12.1 Å². The second kappa shape index (κ2) is 14.2. The third-order valence-corrected chi connectivity index (χ3v) is 4.71. The SMILES string of the molecule is CC(C)C(N)C(=O)NC(CCCN=C(N)N)C(=O)NC(C(=O)NC(C(=O)O)C(C)O)C(C)O. The zero-order chi connectivity index (χ0) is 25.9. The fourth-order valence-electron chi connectivity index (χ4n) is 2.63. The molecule has 0 aliphatic heterocycles. The summed E-state index contributed by atoms with van der Waals surface area (Å²) in [6, 6.07) is -5.25. The van der Waals surface area contributed by atoms with Gasteiger partial charge in [-0.15, -0.1) is 0 Å². The molecule has 190 valence electrons. The highest BCUT2D eigenvalue weighted by Crippen LogP contribution is 2.05. The maximum atomic E-state index is 12.9. The van der Waals surface area contributed by atoms with Gasteiger partial charge in [0.05, 0.1) is 18.2 Å². The molecule has 3 amide bonds. The van der Waals surface area contributed by atoms with Crippen LogP contribution in [0, 0.1) is 5.92 Å². The number of nitrogens with one attached hydrogen (secondary N) is 3. The highest BCUT2D eigenvalue weighted by Gasteiger charge is 2.34. The van der Waals surface area contributed by atoms with Crippen LogP contribution in [0.5, 0.6) is 0 Å². The van der Waals surface area contributed by atoms with Crippen molar-refractivity contribution in [3.05, 3.63) is 0 Å². The number of carbonyl (C=O) groups is 4. The number of carboxylic acids is 1. The van der Waals surface area contributed by atoms with Crippen molar-refractivity contribution in [2.75, 3.05) is 6.54 Å². The molecule has 0 heterocycles. The Morgan fingerprint density at radius 1 is 0.848 bits per heavy atom. The molecule has 0 fully saturated rings. The van der Waals surface area contributed by atoms with Crippen molar-refractivity contribution < 1.29 is 34.5 Å². The Labute approximate surface area is 192 Å². The normalized spacial score (nSPS) is 16.5. The van der Waals surface area contributed by atoms with Gasteiger partial charge in [0.15, 0.2) is 12.0 Å². The Bertz CT molecular complexity index is 709. The molecule has 14 heteroatoms. The average molecular weight is 476 g/mol. The van der Waals surface area contributed by atoms with Crippen LogP contribution in [0.1, 0.15) is 40.5 Å². The lowest BCUT2D eigenvalue weighted by Gasteiger charge is -2.27. The Morgan fingerprint density at radius 2 is 1.36 bits per heavy atom. The second-order valence-corrected chi connectivity index (χ2v) is 8.07. The minimum Gasteiger partial charge on any atom is -0.480 e. The van der Waals surface area contributed by atoms with Gasteiger partial charge in [-0.25, -0.2) is 4.79 Å². The first kappa shape index (κ1) is 30.0. The van der Waals surface area contributed by atoms with E-state index in [1.165, 1.54) is 6.92 Å². The lowest BCUT2D eigenvalue weighted by atomic mass is 10.0. The molecule has 0 aromatic rings. The van der Waals surface area contributed by atoms with E-state index < -0.39 is 60.1 Å². The van der Waals surface area contributed by atoms with Crippen LogP contribution in [0.4, 0.5) is 0 Å². The average Bonchev–Trinajstić information content (AvgIpc) is 2.70. The smallest absolute Gasteiger partial charge is 0.328 e. The zero-order valence-electron chi connectivity index (χ0n) is 19.3. The van der Waals surface area contributed by atoms with Gasteiger partial charge in [0.2, 0.25) is 17.7 Å². The van der Waals surface area contributed by atoms with Crippen LogP contribution in [0.2, 0.25) is 0 Å². The first-order chi connectivity index (χ1) is 15.2. The van der Waals surface area contributed by atoms with E-state index in [1.54, 1.807) is 13.8 Å². The third kappa shape index (κ3) is 10.9.